The molecule has 114 valence electrons. The number of rotatable bonds is 5. The topological polar surface area (TPSA) is 0 Å². The summed E-state index contributed by atoms with van der Waals surface area (Å²) >= 11 is 0. The largest absolute Gasteiger partial charge is 0.0622 e. The maximum absolute atomic E-state index is 3.37. The van der Waals surface area contributed by atoms with Gasteiger partial charge in [0.25, 0.3) is 0 Å². The molecule has 0 saturated heterocycles. The molecule has 0 heteroatoms. The fraction of sp³-hybridized carbons (Fsp3) is 0. The van der Waals surface area contributed by atoms with Gasteiger partial charge in [-0.05, 0) is 34.4 Å². The summed E-state index contributed by atoms with van der Waals surface area (Å²) in [4.78, 5) is 0. The Morgan fingerprint density at radius 3 is 1.96 bits per heavy atom. The van der Waals surface area contributed by atoms with E-state index in [1.165, 1.54) is 5.56 Å². The van der Waals surface area contributed by atoms with Crippen LogP contribution in [0, 0.1) is 12.1 Å². The number of allylic oxidation sites excluding steroid dienone is 4. The highest BCUT2D eigenvalue weighted by Crippen LogP contribution is 2.17. The molecular formula is C24H18. The zero-order valence-corrected chi connectivity index (χ0v) is 13.4. The lowest BCUT2D eigenvalue weighted by atomic mass is 10.0. The molecule has 0 aliphatic heterocycles. The standard InChI is InChI=1S/C24H18/c1-4-11-21(12-5-1)15-10-18-24(23-16-8-3-9-17-23)20-19-22-13-6-2-7-14-22/h1-16,19-20H. The molecule has 0 aliphatic rings. The van der Waals surface area contributed by atoms with Crippen molar-refractivity contribution in [2.75, 3.05) is 0 Å². The molecular weight excluding hydrogens is 288 g/mol. The predicted octanol–water partition coefficient (Wildman–Crippen LogP) is 6.10. The van der Waals surface area contributed by atoms with E-state index in [0.29, 0.717) is 0 Å². The van der Waals surface area contributed by atoms with E-state index in [2.05, 4.69) is 54.6 Å². The van der Waals surface area contributed by atoms with Crippen molar-refractivity contribution in [1.29, 1.82) is 0 Å². The van der Waals surface area contributed by atoms with Crippen LogP contribution in [-0.4, -0.2) is 0 Å². The summed E-state index contributed by atoms with van der Waals surface area (Å²) in [6.07, 6.45) is 11.6. The molecule has 0 heterocycles. The van der Waals surface area contributed by atoms with Crippen LogP contribution in [0.2, 0.25) is 0 Å². The Labute approximate surface area is 144 Å². The van der Waals surface area contributed by atoms with Gasteiger partial charge in [-0.1, -0.05) is 109 Å². The van der Waals surface area contributed by atoms with Crippen molar-refractivity contribution < 1.29 is 0 Å². The Bertz CT molecular complexity index is 823. The summed E-state index contributed by atoms with van der Waals surface area (Å²) in [5, 5.41) is 0. The lowest BCUT2D eigenvalue weighted by molar-refractivity contribution is 1.59. The lowest BCUT2D eigenvalue weighted by Gasteiger charge is -2.01. The van der Waals surface area contributed by atoms with Gasteiger partial charge in [0, 0.05) is 0 Å². The summed E-state index contributed by atoms with van der Waals surface area (Å²) in [6, 6.07) is 31.7. The quantitative estimate of drug-likeness (QED) is 0.500. The van der Waals surface area contributed by atoms with Crippen LogP contribution < -0.4 is 0 Å². The van der Waals surface area contributed by atoms with Crippen LogP contribution in [0.5, 0.6) is 0 Å². The molecule has 0 nitrogen and oxygen atoms in total. The molecule has 3 rings (SSSR count). The molecule has 0 bridgehead atoms. The Morgan fingerprint density at radius 1 is 0.708 bits per heavy atom. The molecule has 0 atom stereocenters. The summed E-state index contributed by atoms with van der Waals surface area (Å²) in [7, 11) is 0. The minimum atomic E-state index is 1.01. The average molecular weight is 306 g/mol. The molecule has 0 aliphatic carbocycles. The number of benzene rings is 3. The first-order chi connectivity index (χ1) is 11.9. The molecule has 0 saturated carbocycles. The fourth-order valence-electron chi connectivity index (χ4n) is 2.31. The van der Waals surface area contributed by atoms with Gasteiger partial charge in [-0.2, -0.15) is 0 Å². The zero-order valence-electron chi connectivity index (χ0n) is 13.4. The Hall–Kier alpha value is -3.12. The van der Waals surface area contributed by atoms with E-state index in [4.69, 9.17) is 0 Å². The first-order valence-corrected chi connectivity index (χ1v) is 7.97. The second-order valence-electron chi connectivity index (χ2n) is 5.32. The van der Waals surface area contributed by atoms with E-state index in [1.54, 1.807) is 0 Å². The van der Waals surface area contributed by atoms with Gasteiger partial charge < -0.3 is 0 Å². The molecule has 3 aromatic rings. The fourth-order valence-corrected chi connectivity index (χ4v) is 2.31. The van der Waals surface area contributed by atoms with E-state index in [1.807, 2.05) is 66.7 Å². The smallest absolute Gasteiger partial charge is 0.00987 e. The summed E-state index contributed by atoms with van der Waals surface area (Å²) < 4.78 is 0. The van der Waals surface area contributed by atoms with E-state index in [9.17, 15) is 0 Å². The van der Waals surface area contributed by atoms with Gasteiger partial charge in [-0.15, -0.1) is 0 Å². The molecule has 2 radical (unpaired) electrons. The molecule has 0 N–H and O–H groups in total. The van der Waals surface area contributed by atoms with Crippen molar-refractivity contribution in [2.45, 2.75) is 0 Å². The molecule has 3 aromatic carbocycles. The molecule has 0 unspecified atom stereocenters. The first-order valence-electron chi connectivity index (χ1n) is 7.97. The first kappa shape index (κ1) is 15.8. The van der Waals surface area contributed by atoms with Gasteiger partial charge in [0.15, 0.2) is 0 Å². The zero-order chi connectivity index (χ0) is 16.5. The molecule has 24 heavy (non-hydrogen) atoms. The molecule has 0 aromatic heterocycles. The third-order valence-corrected chi connectivity index (χ3v) is 3.56. The van der Waals surface area contributed by atoms with Crippen molar-refractivity contribution >= 4 is 17.7 Å². The predicted molar refractivity (Wildman–Crippen MR) is 103 cm³/mol. The second kappa shape index (κ2) is 8.50. The highest BCUT2D eigenvalue weighted by molar-refractivity contribution is 5.78. The Balaban J connectivity index is 1.86. The van der Waals surface area contributed by atoms with Crippen LogP contribution in [0.1, 0.15) is 16.7 Å². The minimum absolute atomic E-state index is 1.01. The van der Waals surface area contributed by atoms with Crippen molar-refractivity contribution in [2.24, 2.45) is 0 Å². The van der Waals surface area contributed by atoms with Gasteiger partial charge in [-0.25, -0.2) is 0 Å². The summed E-state index contributed by atoms with van der Waals surface area (Å²) in [6.45, 7) is 0. The number of hydrogen-bond acceptors (Lipinski definition) is 0. The third kappa shape index (κ3) is 4.69. The van der Waals surface area contributed by atoms with Crippen LogP contribution in [0.3, 0.4) is 0 Å². The lowest BCUT2D eigenvalue weighted by Crippen LogP contribution is -1.81. The SMILES string of the molecule is [C](C=Cc1ccccc1)=C(C=Cc1ccccc1)c1[c]cccc1. The highest BCUT2D eigenvalue weighted by atomic mass is 14.0. The van der Waals surface area contributed by atoms with Crippen molar-refractivity contribution in [1.82, 2.24) is 0 Å². The van der Waals surface area contributed by atoms with Crippen molar-refractivity contribution in [3.05, 3.63) is 126 Å². The van der Waals surface area contributed by atoms with Crippen LogP contribution >= 0.6 is 0 Å². The van der Waals surface area contributed by atoms with E-state index in [-0.39, 0.29) is 0 Å². The Kier molecular flexibility index (Phi) is 5.58. The van der Waals surface area contributed by atoms with Crippen molar-refractivity contribution in [3.63, 3.8) is 0 Å². The van der Waals surface area contributed by atoms with Crippen LogP contribution in [0.25, 0.3) is 17.7 Å². The van der Waals surface area contributed by atoms with Crippen molar-refractivity contribution in [3.8, 4) is 0 Å². The van der Waals surface area contributed by atoms with E-state index in [0.717, 1.165) is 16.7 Å². The molecule has 0 spiro atoms. The average Bonchev–Trinajstić information content (AvgIpc) is 2.67. The van der Waals surface area contributed by atoms with Crippen LogP contribution in [-0.2, 0) is 0 Å². The summed E-state index contributed by atoms with van der Waals surface area (Å²) in [5.74, 6) is 0. The maximum atomic E-state index is 3.37. The Morgan fingerprint density at radius 2 is 1.33 bits per heavy atom. The van der Waals surface area contributed by atoms with Gasteiger partial charge in [0.2, 0.25) is 0 Å². The minimum Gasteiger partial charge on any atom is -0.0622 e. The van der Waals surface area contributed by atoms with Gasteiger partial charge in [0.05, 0.1) is 0 Å². The third-order valence-electron chi connectivity index (χ3n) is 3.56. The molecule has 0 fully saturated rings. The second-order valence-corrected chi connectivity index (χ2v) is 5.32. The highest BCUT2D eigenvalue weighted by Gasteiger charge is 1.96. The van der Waals surface area contributed by atoms with Crippen LogP contribution in [0.4, 0.5) is 0 Å². The van der Waals surface area contributed by atoms with Crippen LogP contribution in [0.15, 0.2) is 97.1 Å². The molecule has 0 amide bonds. The number of hydrogen-bond donors (Lipinski definition) is 0. The van der Waals surface area contributed by atoms with E-state index < -0.39 is 0 Å². The summed E-state index contributed by atoms with van der Waals surface area (Å²) in [5.41, 5.74) is 4.36. The normalized spacial score (nSPS) is 12.1. The van der Waals surface area contributed by atoms with Gasteiger partial charge >= 0.3 is 0 Å². The monoisotopic (exact) mass is 306 g/mol. The van der Waals surface area contributed by atoms with Gasteiger partial charge in [0.1, 0.15) is 0 Å². The maximum Gasteiger partial charge on any atom is -0.00987 e. The van der Waals surface area contributed by atoms with Gasteiger partial charge in [-0.3, -0.25) is 0 Å². The van der Waals surface area contributed by atoms with E-state index >= 15 is 0 Å².